The summed E-state index contributed by atoms with van der Waals surface area (Å²) in [5.41, 5.74) is 2.93. The lowest BCUT2D eigenvalue weighted by Gasteiger charge is -2.09. The number of hydrazine groups is 1. The van der Waals surface area contributed by atoms with Crippen LogP contribution in [0.3, 0.4) is 0 Å². The molecule has 3 N–H and O–H groups in total. The van der Waals surface area contributed by atoms with Gasteiger partial charge in [-0.2, -0.15) is 12.6 Å². The molecule has 0 saturated carbocycles. The zero-order valence-electron chi connectivity index (χ0n) is 5.82. The first-order valence-electron chi connectivity index (χ1n) is 2.91. The number of rotatable bonds is 6. The van der Waals surface area contributed by atoms with Crippen molar-refractivity contribution in [1.82, 2.24) is 5.43 Å². The van der Waals surface area contributed by atoms with E-state index in [0.717, 1.165) is 11.8 Å². The van der Waals surface area contributed by atoms with E-state index in [0.29, 0.717) is 11.4 Å². The number of nitrogens with two attached hydrogens (primary N) is 1. The van der Waals surface area contributed by atoms with E-state index in [1.165, 1.54) is 0 Å². The fraction of sp³-hybridized carbons (Fsp3) is 0.600. The molecular formula is C5H10N2O2S2. The number of hydrogen-bond donors (Lipinski definition) is 3. The summed E-state index contributed by atoms with van der Waals surface area (Å²) in [7, 11) is 0. The zero-order chi connectivity index (χ0) is 8.69. The summed E-state index contributed by atoms with van der Waals surface area (Å²) < 4.78 is 0. The Bertz CT molecular complexity index is 138. The van der Waals surface area contributed by atoms with Crippen molar-refractivity contribution in [1.29, 1.82) is 0 Å². The molecule has 0 aromatic carbocycles. The van der Waals surface area contributed by atoms with Crippen LogP contribution in [0.2, 0.25) is 0 Å². The number of thiol groups is 1. The highest BCUT2D eigenvalue weighted by molar-refractivity contribution is 8.12. The van der Waals surface area contributed by atoms with E-state index in [4.69, 9.17) is 5.84 Å². The van der Waals surface area contributed by atoms with E-state index >= 15 is 0 Å². The van der Waals surface area contributed by atoms with Crippen molar-refractivity contribution < 1.29 is 9.59 Å². The van der Waals surface area contributed by atoms with Crippen molar-refractivity contribution >= 4 is 35.8 Å². The van der Waals surface area contributed by atoms with Gasteiger partial charge in [0.05, 0.1) is 11.8 Å². The van der Waals surface area contributed by atoms with Gasteiger partial charge in [0.2, 0.25) is 0 Å². The van der Waals surface area contributed by atoms with Gasteiger partial charge in [-0.15, -0.1) is 0 Å². The molecule has 0 amide bonds. The monoisotopic (exact) mass is 194 g/mol. The molecular weight excluding hydrogens is 184 g/mol. The van der Waals surface area contributed by atoms with E-state index in [-0.39, 0.29) is 11.5 Å². The molecule has 6 heteroatoms. The minimum Gasteiger partial charge on any atom is -0.297 e. The van der Waals surface area contributed by atoms with Crippen molar-refractivity contribution in [2.45, 2.75) is 6.04 Å². The van der Waals surface area contributed by atoms with Crippen LogP contribution in [0.25, 0.3) is 0 Å². The number of carbonyl (C=O) groups is 2. The van der Waals surface area contributed by atoms with Crippen LogP contribution >= 0.6 is 24.4 Å². The Balaban J connectivity index is 3.69. The van der Waals surface area contributed by atoms with Gasteiger partial charge in [0.25, 0.3) is 0 Å². The van der Waals surface area contributed by atoms with Gasteiger partial charge in [-0.25, -0.2) is 5.43 Å². The molecule has 4 nitrogen and oxygen atoms in total. The number of carbonyl (C=O) groups excluding carboxylic acids is 2. The molecule has 0 aliphatic heterocycles. The molecule has 0 rings (SSSR count). The SMILES string of the molecule is NN[C@@H](CS)C(=O)CSC=O. The van der Waals surface area contributed by atoms with Crippen LogP contribution in [-0.4, -0.2) is 28.9 Å². The van der Waals surface area contributed by atoms with Gasteiger partial charge < -0.3 is 0 Å². The summed E-state index contributed by atoms with van der Waals surface area (Å²) >= 11 is 4.81. The van der Waals surface area contributed by atoms with Crippen molar-refractivity contribution in [3.8, 4) is 0 Å². The molecule has 0 heterocycles. The average Bonchev–Trinajstić information content (AvgIpc) is 2.03. The lowest BCUT2D eigenvalue weighted by molar-refractivity contribution is -0.118. The summed E-state index contributed by atoms with van der Waals surface area (Å²) in [5.74, 6) is 5.42. The van der Waals surface area contributed by atoms with Gasteiger partial charge in [0.1, 0.15) is 0 Å². The van der Waals surface area contributed by atoms with E-state index < -0.39 is 6.04 Å². The molecule has 0 bridgehead atoms. The van der Waals surface area contributed by atoms with Crippen molar-refractivity contribution in [2.24, 2.45) is 5.84 Å². The summed E-state index contributed by atoms with van der Waals surface area (Å²) in [4.78, 5) is 20.8. The predicted octanol–water partition coefficient (Wildman–Crippen LogP) is -0.759. The highest BCUT2D eigenvalue weighted by atomic mass is 32.2. The van der Waals surface area contributed by atoms with Crippen molar-refractivity contribution in [3.63, 3.8) is 0 Å². The quantitative estimate of drug-likeness (QED) is 0.224. The Morgan fingerprint density at radius 3 is 2.82 bits per heavy atom. The lowest BCUT2D eigenvalue weighted by atomic mass is 10.2. The van der Waals surface area contributed by atoms with Gasteiger partial charge in [-0.3, -0.25) is 15.4 Å². The molecule has 0 saturated heterocycles. The second kappa shape index (κ2) is 6.66. The largest absolute Gasteiger partial charge is 0.297 e. The Kier molecular flexibility index (Phi) is 6.63. The summed E-state index contributed by atoms with van der Waals surface area (Å²) in [6.45, 7) is 0. The number of Topliss-reactive ketones (excluding diaryl/α,β-unsaturated/α-hetero) is 1. The maximum absolute atomic E-state index is 11.0. The molecule has 1 atom stereocenters. The molecule has 0 radical (unpaired) electrons. The van der Waals surface area contributed by atoms with Gasteiger partial charge >= 0.3 is 0 Å². The maximum Gasteiger partial charge on any atom is 0.176 e. The number of ketones is 1. The minimum absolute atomic E-state index is 0.111. The van der Waals surface area contributed by atoms with Gasteiger partial charge in [0.15, 0.2) is 11.4 Å². The van der Waals surface area contributed by atoms with Crippen LogP contribution in [-0.2, 0) is 9.59 Å². The summed E-state index contributed by atoms with van der Waals surface area (Å²) in [5, 5.41) is 0. The van der Waals surface area contributed by atoms with Crippen LogP contribution in [0.4, 0.5) is 0 Å². The molecule has 0 aliphatic carbocycles. The molecule has 0 fully saturated rings. The van der Waals surface area contributed by atoms with E-state index in [9.17, 15) is 9.59 Å². The Morgan fingerprint density at radius 2 is 2.45 bits per heavy atom. The fourth-order valence-corrected chi connectivity index (χ4v) is 1.21. The Labute approximate surface area is 74.7 Å². The average molecular weight is 194 g/mol. The lowest BCUT2D eigenvalue weighted by Crippen LogP contribution is -2.43. The molecule has 0 spiro atoms. The normalized spacial score (nSPS) is 12.5. The molecule has 0 aliphatic rings. The molecule has 11 heavy (non-hydrogen) atoms. The summed E-state index contributed by atoms with van der Waals surface area (Å²) in [6.07, 6.45) is 0. The topological polar surface area (TPSA) is 72.2 Å². The zero-order valence-corrected chi connectivity index (χ0v) is 7.53. The Hall–Kier alpha value is -0.0400. The first kappa shape index (κ1) is 11.0. The number of thioether (sulfide) groups is 1. The molecule has 0 aromatic heterocycles. The van der Waals surface area contributed by atoms with Gasteiger partial charge in [0, 0.05) is 5.75 Å². The first-order chi connectivity index (χ1) is 5.26. The number of nitrogens with one attached hydrogen (secondary N) is 1. The maximum atomic E-state index is 11.0. The van der Waals surface area contributed by atoms with Crippen LogP contribution in [0.15, 0.2) is 0 Å². The third kappa shape index (κ3) is 4.41. The minimum atomic E-state index is -0.453. The van der Waals surface area contributed by atoms with Crippen LogP contribution in [0, 0.1) is 0 Å². The first-order valence-corrected chi connectivity index (χ1v) is 4.59. The highest BCUT2D eigenvalue weighted by Crippen LogP contribution is 1.97. The fourth-order valence-electron chi connectivity index (χ4n) is 0.464. The third-order valence-corrected chi connectivity index (χ3v) is 2.02. The van der Waals surface area contributed by atoms with E-state index in [1.807, 2.05) is 0 Å². The van der Waals surface area contributed by atoms with E-state index in [1.54, 1.807) is 0 Å². The second-order valence-electron chi connectivity index (χ2n) is 1.78. The smallest absolute Gasteiger partial charge is 0.176 e. The standard InChI is InChI=1S/C5H10N2O2S2/c6-7-4(1-10)5(9)2-11-3-8/h3-4,7,10H,1-2,6H2/t4-/m0/s1. The number of hydrogen-bond acceptors (Lipinski definition) is 6. The predicted molar refractivity (Wildman–Crippen MR) is 49.2 cm³/mol. The third-order valence-electron chi connectivity index (χ3n) is 1.07. The van der Waals surface area contributed by atoms with Crippen LogP contribution in [0.1, 0.15) is 0 Å². The van der Waals surface area contributed by atoms with Gasteiger partial charge in [-0.05, 0) is 0 Å². The van der Waals surface area contributed by atoms with Crippen LogP contribution in [0.5, 0.6) is 0 Å². The molecule has 64 valence electrons. The highest BCUT2D eigenvalue weighted by Gasteiger charge is 2.13. The van der Waals surface area contributed by atoms with E-state index in [2.05, 4.69) is 18.1 Å². The van der Waals surface area contributed by atoms with Crippen LogP contribution < -0.4 is 11.3 Å². The Morgan fingerprint density at radius 1 is 1.82 bits per heavy atom. The second-order valence-corrected chi connectivity index (χ2v) is 2.95. The van der Waals surface area contributed by atoms with Crippen molar-refractivity contribution in [2.75, 3.05) is 11.5 Å². The van der Waals surface area contributed by atoms with Crippen molar-refractivity contribution in [3.05, 3.63) is 0 Å². The molecule has 0 unspecified atom stereocenters. The summed E-state index contributed by atoms with van der Waals surface area (Å²) in [6, 6.07) is -0.453. The molecule has 0 aromatic rings. The van der Waals surface area contributed by atoms with Gasteiger partial charge in [-0.1, -0.05) is 11.8 Å².